The van der Waals surface area contributed by atoms with E-state index < -0.39 is 11.7 Å². The average molecular weight is 566 g/mol. The number of nitrogens with zero attached hydrogens (tertiary/aromatic N) is 4. The molecule has 0 radical (unpaired) electrons. The number of rotatable bonds is 5. The Labute approximate surface area is 232 Å². The molecule has 0 unspecified atom stereocenters. The third-order valence-corrected chi connectivity index (χ3v) is 8.69. The van der Waals surface area contributed by atoms with Crippen LogP contribution in [0, 0.1) is 0 Å². The van der Waals surface area contributed by atoms with Gasteiger partial charge in [0, 0.05) is 38.0 Å². The Hall–Kier alpha value is -2.59. The van der Waals surface area contributed by atoms with E-state index in [1.807, 2.05) is 9.58 Å². The van der Waals surface area contributed by atoms with Crippen molar-refractivity contribution in [3.63, 3.8) is 0 Å². The lowest BCUT2D eigenvalue weighted by Crippen LogP contribution is -2.47. The second-order valence-electron chi connectivity index (χ2n) is 11.2. The van der Waals surface area contributed by atoms with Gasteiger partial charge in [-0.05, 0) is 63.1 Å². The van der Waals surface area contributed by atoms with E-state index in [4.69, 9.17) is 0 Å². The number of halogens is 4. The van der Waals surface area contributed by atoms with Crippen LogP contribution in [0.3, 0.4) is 0 Å². The molecule has 3 aliphatic heterocycles. The monoisotopic (exact) mass is 565 g/mol. The highest BCUT2D eigenvalue weighted by atomic mass is 35.5. The molecule has 4 fully saturated rings. The van der Waals surface area contributed by atoms with Crippen LogP contribution < -0.4 is 5.32 Å². The SMILES string of the molecule is Cl.O=C(c1cnn(C2CCN(C(=O)[C@@H]3CCCN3)CC2)c1C1CC1)N1CC[C@@H](c2ccccc2C(F)(F)F)C1. The molecule has 2 amide bonds. The first kappa shape index (κ1) is 28.0. The predicted molar refractivity (Wildman–Crippen MR) is 142 cm³/mol. The van der Waals surface area contributed by atoms with Crippen LogP contribution in [0.1, 0.15) is 90.0 Å². The van der Waals surface area contributed by atoms with Crippen LogP contribution in [0.5, 0.6) is 0 Å². The third-order valence-electron chi connectivity index (χ3n) is 8.69. The zero-order valence-corrected chi connectivity index (χ0v) is 22.6. The number of amides is 2. The number of carbonyl (C=O) groups excluding carboxylic acids is 2. The molecule has 11 heteroatoms. The van der Waals surface area contributed by atoms with Crippen LogP contribution >= 0.6 is 12.4 Å². The van der Waals surface area contributed by atoms with E-state index in [0.717, 1.165) is 56.8 Å². The third kappa shape index (κ3) is 5.55. The second kappa shape index (κ2) is 11.1. The Balaban J connectivity index is 0.00000308. The summed E-state index contributed by atoms with van der Waals surface area (Å²) in [4.78, 5) is 30.1. The van der Waals surface area contributed by atoms with Crippen molar-refractivity contribution in [2.75, 3.05) is 32.7 Å². The van der Waals surface area contributed by atoms with E-state index in [0.29, 0.717) is 37.5 Å². The van der Waals surface area contributed by atoms with Crippen molar-refractivity contribution in [1.82, 2.24) is 24.9 Å². The van der Waals surface area contributed by atoms with Gasteiger partial charge in [0.2, 0.25) is 5.91 Å². The highest BCUT2D eigenvalue weighted by molar-refractivity contribution is 5.95. The van der Waals surface area contributed by atoms with Gasteiger partial charge >= 0.3 is 6.18 Å². The highest BCUT2D eigenvalue weighted by Gasteiger charge is 2.40. The van der Waals surface area contributed by atoms with Crippen LogP contribution in [0.2, 0.25) is 0 Å². The molecule has 0 bridgehead atoms. The largest absolute Gasteiger partial charge is 0.416 e. The maximum Gasteiger partial charge on any atom is 0.416 e. The van der Waals surface area contributed by atoms with E-state index >= 15 is 0 Å². The Morgan fingerprint density at radius 2 is 1.64 bits per heavy atom. The number of hydrogen-bond donors (Lipinski definition) is 1. The topological polar surface area (TPSA) is 70.5 Å². The Bertz CT molecular complexity index is 1200. The summed E-state index contributed by atoms with van der Waals surface area (Å²) in [7, 11) is 0. The van der Waals surface area contributed by atoms with E-state index in [1.165, 1.54) is 12.1 Å². The minimum atomic E-state index is -4.41. The lowest BCUT2D eigenvalue weighted by molar-refractivity contribution is -0.138. The smallest absolute Gasteiger partial charge is 0.341 e. The van der Waals surface area contributed by atoms with Gasteiger partial charge in [-0.25, -0.2) is 0 Å². The maximum absolute atomic E-state index is 13.6. The van der Waals surface area contributed by atoms with E-state index in [2.05, 4.69) is 10.4 Å². The molecule has 2 aromatic rings. The molecular weight excluding hydrogens is 531 g/mol. The molecule has 7 nitrogen and oxygen atoms in total. The first-order valence-corrected chi connectivity index (χ1v) is 13.9. The zero-order valence-electron chi connectivity index (χ0n) is 21.8. The number of piperidine rings is 1. The molecule has 6 rings (SSSR count). The molecule has 0 spiro atoms. The van der Waals surface area contributed by atoms with E-state index in [1.54, 1.807) is 17.2 Å². The number of benzene rings is 1. The van der Waals surface area contributed by atoms with Crippen molar-refractivity contribution < 1.29 is 22.8 Å². The first-order valence-electron chi connectivity index (χ1n) is 13.9. The lowest BCUT2D eigenvalue weighted by atomic mass is 9.93. The van der Waals surface area contributed by atoms with Gasteiger partial charge in [0.05, 0.1) is 35.1 Å². The number of hydrogen-bond acceptors (Lipinski definition) is 4. The maximum atomic E-state index is 13.6. The zero-order chi connectivity index (χ0) is 26.4. The van der Waals surface area contributed by atoms with Gasteiger partial charge in [-0.15, -0.1) is 12.4 Å². The molecule has 1 N–H and O–H groups in total. The first-order chi connectivity index (χ1) is 18.3. The molecule has 1 aliphatic carbocycles. The summed E-state index contributed by atoms with van der Waals surface area (Å²) < 4.78 is 42.8. The van der Waals surface area contributed by atoms with Crippen molar-refractivity contribution in [1.29, 1.82) is 0 Å². The minimum Gasteiger partial charge on any atom is -0.341 e. The van der Waals surface area contributed by atoms with Gasteiger partial charge in [0.15, 0.2) is 0 Å². The van der Waals surface area contributed by atoms with Gasteiger partial charge in [0.25, 0.3) is 5.91 Å². The molecule has 212 valence electrons. The summed E-state index contributed by atoms with van der Waals surface area (Å²) in [6.07, 6.45) is 3.31. The normalized spacial score (nSPS) is 24.2. The summed E-state index contributed by atoms with van der Waals surface area (Å²) >= 11 is 0. The Morgan fingerprint density at radius 3 is 2.31 bits per heavy atom. The van der Waals surface area contributed by atoms with Gasteiger partial charge in [-0.2, -0.15) is 18.3 Å². The number of likely N-dealkylation sites (tertiary alicyclic amines) is 2. The number of alkyl halides is 3. The quantitative estimate of drug-likeness (QED) is 0.568. The second-order valence-corrected chi connectivity index (χ2v) is 11.2. The Kier molecular flexibility index (Phi) is 7.97. The lowest BCUT2D eigenvalue weighted by Gasteiger charge is -2.34. The fourth-order valence-corrected chi connectivity index (χ4v) is 6.52. The molecule has 39 heavy (non-hydrogen) atoms. The van der Waals surface area contributed by atoms with Crippen LogP contribution in [0.4, 0.5) is 13.2 Å². The predicted octanol–water partition coefficient (Wildman–Crippen LogP) is 4.75. The fraction of sp³-hybridized carbons (Fsp3) is 0.607. The standard InChI is InChI=1S/C28H34F3N5O2.ClH/c29-28(30,31)23-5-2-1-4-21(23)19-9-13-35(17-19)26(37)22-16-33-36(25(22)18-7-8-18)20-10-14-34(15-11-20)27(38)24-6-3-12-32-24;/h1-2,4-5,16,18-20,24,32H,3,6-15,17H2;1H/t19-,24+;/m1./s1. The molecule has 1 aromatic carbocycles. The van der Waals surface area contributed by atoms with Gasteiger partial charge < -0.3 is 15.1 Å². The molecule has 4 aliphatic rings. The number of carbonyl (C=O) groups is 2. The van der Waals surface area contributed by atoms with Crippen molar-refractivity contribution in [3.8, 4) is 0 Å². The van der Waals surface area contributed by atoms with E-state index in [-0.39, 0.29) is 54.3 Å². The van der Waals surface area contributed by atoms with Crippen molar-refractivity contribution >= 4 is 24.2 Å². The van der Waals surface area contributed by atoms with E-state index in [9.17, 15) is 22.8 Å². The van der Waals surface area contributed by atoms with Crippen molar-refractivity contribution in [3.05, 3.63) is 52.8 Å². The average Bonchev–Trinajstić information content (AvgIpc) is 3.33. The van der Waals surface area contributed by atoms with Crippen molar-refractivity contribution in [2.45, 2.75) is 75.0 Å². The number of nitrogens with one attached hydrogen (secondary N) is 1. The molecule has 1 aromatic heterocycles. The molecular formula is C28H35ClF3N5O2. The Morgan fingerprint density at radius 1 is 0.923 bits per heavy atom. The van der Waals surface area contributed by atoms with Crippen LogP contribution in [0.15, 0.2) is 30.5 Å². The van der Waals surface area contributed by atoms with Crippen LogP contribution in [-0.2, 0) is 11.0 Å². The van der Waals surface area contributed by atoms with Gasteiger partial charge in [0.1, 0.15) is 0 Å². The number of aromatic nitrogens is 2. The summed E-state index contributed by atoms with van der Waals surface area (Å²) in [5.41, 5.74) is 1.21. The van der Waals surface area contributed by atoms with Gasteiger partial charge in [-0.1, -0.05) is 18.2 Å². The van der Waals surface area contributed by atoms with Crippen molar-refractivity contribution in [2.24, 2.45) is 0 Å². The molecule has 1 saturated carbocycles. The summed E-state index contributed by atoms with van der Waals surface area (Å²) in [5.74, 6) is 0.0102. The minimum absolute atomic E-state index is 0. The van der Waals surface area contributed by atoms with Gasteiger partial charge in [-0.3, -0.25) is 14.3 Å². The summed E-state index contributed by atoms with van der Waals surface area (Å²) in [6.45, 7) is 2.97. The van der Waals surface area contributed by atoms with Crippen LogP contribution in [-0.4, -0.2) is 70.2 Å². The van der Waals surface area contributed by atoms with Crippen LogP contribution in [0.25, 0.3) is 0 Å². The fourth-order valence-electron chi connectivity index (χ4n) is 6.52. The molecule has 3 saturated heterocycles. The highest BCUT2D eigenvalue weighted by Crippen LogP contribution is 2.44. The molecule has 4 heterocycles. The summed E-state index contributed by atoms with van der Waals surface area (Å²) in [5, 5.41) is 7.96. The summed E-state index contributed by atoms with van der Waals surface area (Å²) in [6, 6.07) is 5.78. The molecule has 2 atom stereocenters.